The molecule has 1 unspecified atom stereocenters. The molecule has 0 aliphatic rings. The van der Waals surface area contributed by atoms with E-state index in [-0.39, 0.29) is 40.6 Å². The molecule has 0 aliphatic carbocycles. The number of sulfonamides is 1. The summed E-state index contributed by atoms with van der Waals surface area (Å²) in [5.74, 6) is 0. The highest BCUT2D eigenvalue weighted by molar-refractivity contribution is 7.89. The highest BCUT2D eigenvalue weighted by atomic mass is 35.5. The predicted octanol–water partition coefficient (Wildman–Crippen LogP) is 1.69. The summed E-state index contributed by atoms with van der Waals surface area (Å²) < 4.78 is 26.2. The van der Waals surface area contributed by atoms with Gasteiger partial charge >= 0.3 is 0 Å². The van der Waals surface area contributed by atoms with Gasteiger partial charge in [0.2, 0.25) is 10.0 Å². The van der Waals surface area contributed by atoms with E-state index in [1.54, 1.807) is 6.92 Å². The van der Waals surface area contributed by atoms with Crippen molar-refractivity contribution in [2.24, 2.45) is 5.73 Å². The molecule has 0 spiro atoms. The molecule has 0 heterocycles. The largest absolute Gasteiger partial charge is 0.328 e. The second-order valence-electron chi connectivity index (χ2n) is 4.04. The van der Waals surface area contributed by atoms with Crippen LogP contribution >= 0.6 is 24.0 Å². The maximum Gasteiger partial charge on any atom is 0.271 e. The molecule has 20 heavy (non-hydrogen) atoms. The molecule has 3 N–H and O–H groups in total. The molecule has 7 nitrogen and oxygen atoms in total. The highest BCUT2D eigenvalue weighted by Gasteiger charge is 2.20. The minimum atomic E-state index is -3.79. The number of nitrogens with one attached hydrogen (secondary N) is 1. The average molecular weight is 344 g/mol. The van der Waals surface area contributed by atoms with Gasteiger partial charge in [-0.15, -0.1) is 12.4 Å². The molecule has 1 aromatic carbocycles. The van der Waals surface area contributed by atoms with Gasteiger partial charge in [-0.05, 0) is 19.4 Å². The zero-order valence-electron chi connectivity index (χ0n) is 10.6. The summed E-state index contributed by atoms with van der Waals surface area (Å²) in [6.07, 6.45) is 0.476. The quantitative estimate of drug-likeness (QED) is 0.602. The topological polar surface area (TPSA) is 115 Å². The summed E-state index contributed by atoms with van der Waals surface area (Å²) in [6, 6.07) is 3.07. The molecule has 0 radical (unpaired) electrons. The Kier molecular flexibility index (Phi) is 7.39. The number of halogens is 2. The fraction of sp³-hybridized carbons (Fsp3) is 0.400. The Bertz CT molecular complexity index is 578. The number of benzene rings is 1. The second-order valence-corrected chi connectivity index (χ2v) is 6.18. The van der Waals surface area contributed by atoms with Crippen LogP contribution in [0.1, 0.15) is 13.3 Å². The fourth-order valence-electron chi connectivity index (χ4n) is 1.32. The van der Waals surface area contributed by atoms with Crippen LogP contribution in [0.25, 0.3) is 0 Å². The van der Waals surface area contributed by atoms with E-state index in [0.717, 1.165) is 18.2 Å². The van der Waals surface area contributed by atoms with Gasteiger partial charge in [-0.1, -0.05) is 11.6 Å². The first kappa shape index (κ1) is 19.1. The van der Waals surface area contributed by atoms with Crippen LogP contribution in [0.2, 0.25) is 5.02 Å². The Balaban J connectivity index is 0.00000361. The van der Waals surface area contributed by atoms with Crippen LogP contribution in [0.5, 0.6) is 0 Å². The molecule has 0 bridgehead atoms. The molecular formula is C10H15Cl2N3O4S. The molecule has 1 aromatic rings. The first-order chi connectivity index (χ1) is 8.74. The minimum Gasteiger partial charge on any atom is -0.328 e. The van der Waals surface area contributed by atoms with Crippen LogP contribution in [0.15, 0.2) is 23.1 Å². The van der Waals surface area contributed by atoms with E-state index in [9.17, 15) is 18.5 Å². The number of nitro benzene ring substituents is 1. The van der Waals surface area contributed by atoms with Gasteiger partial charge in [0.25, 0.3) is 5.69 Å². The van der Waals surface area contributed by atoms with Crippen LogP contribution in [0, 0.1) is 10.1 Å². The molecule has 0 saturated carbocycles. The minimum absolute atomic E-state index is 0. The predicted molar refractivity (Wildman–Crippen MR) is 78.8 cm³/mol. The zero-order chi connectivity index (χ0) is 14.6. The van der Waals surface area contributed by atoms with E-state index in [1.165, 1.54) is 0 Å². The molecule has 1 rings (SSSR count). The van der Waals surface area contributed by atoms with Gasteiger partial charge in [-0.3, -0.25) is 10.1 Å². The van der Waals surface area contributed by atoms with Gasteiger partial charge < -0.3 is 5.73 Å². The van der Waals surface area contributed by atoms with Crippen LogP contribution in [0.3, 0.4) is 0 Å². The van der Waals surface area contributed by atoms with E-state index >= 15 is 0 Å². The van der Waals surface area contributed by atoms with Crippen molar-refractivity contribution in [3.05, 3.63) is 33.3 Å². The Morgan fingerprint density at radius 2 is 2.10 bits per heavy atom. The third-order valence-corrected chi connectivity index (χ3v) is 4.25. The summed E-state index contributed by atoms with van der Waals surface area (Å²) in [5.41, 5.74) is 5.24. The lowest BCUT2D eigenvalue weighted by atomic mass is 10.3. The standard InChI is InChI=1S/C10H14ClN3O4S.ClH/c1-7(12)4-5-13-19(17,18)10-3-2-8(14(15)16)6-9(10)11;/h2-3,6-7,13H,4-5,12H2,1H3;1H. The van der Waals surface area contributed by atoms with Crippen LogP contribution in [-0.2, 0) is 10.0 Å². The Labute approximate surface area is 128 Å². The number of nitro groups is 1. The molecule has 0 fully saturated rings. The van der Waals surface area contributed by atoms with Crippen LogP contribution in [-0.4, -0.2) is 25.9 Å². The molecule has 0 amide bonds. The maximum absolute atomic E-state index is 11.9. The van der Waals surface area contributed by atoms with Crippen molar-refractivity contribution in [2.75, 3.05) is 6.54 Å². The summed E-state index contributed by atoms with van der Waals surface area (Å²) in [4.78, 5) is 9.69. The summed E-state index contributed by atoms with van der Waals surface area (Å²) in [6.45, 7) is 1.93. The molecule has 1 atom stereocenters. The normalized spacial score (nSPS) is 12.6. The van der Waals surface area contributed by atoms with Gasteiger partial charge in [-0.2, -0.15) is 0 Å². The summed E-state index contributed by atoms with van der Waals surface area (Å²) >= 11 is 5.75. The lowest BCUT2D eigenvalue weighted by Crippen LogP contribution is -2.29. The van der Waals surface area contributed by atoms with Gasteiger partial charge in [0.05, 0.1) is 9.95 Å². The lowest BCUT2D eigenvalue weighted by molar-refractivity contribution is -0.384. The van der Waals surface area contributed by atoms with Crippen molar-refractivity contribution in [2.45, 2.75) is 24.3 Å². The number of rotatable bonds is 6. The Hall–Kier alpha value is -0.930. The SMILES string of the molecule is CC(N)CCNS(=O)(=O)c1ccc([N+](=O)[O-])cc1Cl.Cl. The van der Waals surface area contributed by atoms with Gasteiger partial charge in [0.15, 0.2) is 0 Å². The Morgan fingerprint density at radius 3 is 2.55 bits per heavy atom. The monoisotopic (exact) mass is 343 g/mol. The zero-order valence-corrected chi connectivity index (χ0v) is 13.0. The van der Waals surface area contributed by atoms with Crippen molar-refractivity contribution in [1.29, 1.82) is 0 Å². The number of nitrogens with two attached hydrogens (primary N) is 1. The molecule has 0 saturated heterocycles. The van der Waals surface area contributed by atoms with Crippen LogP contribution in [0.4, 0.5) is 5.69 Å². The highest BCUT2D eigenvalue weighted by Crippen LogP contribution is 2.25. The van der Waals surface area contributed by atoms with Crippen molar-refractivity contribution in [3.8, 4) is 0 Å². The molecule has 0 aromatic heterocycles. The Morgan fingerprint density at radius 1 is 1.50 bits per heavy atom. The van der Waals surface area contributed by atoms with Gasteiger partial charge in [0, 0.05) is 24.7 Å². The van der Waals surface area contributed by atoms with Crippen molar-refractivity contribution < 1.29 is 13.3 Å². The average Bonchev–Trinajstić information content (AvgIpc) is 2.27. The molecule has 10 heteroatoms. The number of hydrogen-bond acceptors (Lipinski definition) is 5. The van der Waals surface area contributed by atoms with Crippen molar-refractivity contribution in [1.82, 2.24) is 4.72 Å². The number of non-ortho nitro benzene ring substituents is 1. The third-order valence-electron chi connectivity index (χ3n) is 2.31. The number of hydrogen-bond donors (Lipinski definition) is 2. The lowest BCUT2D eigenvalue weighted by Gasteiger charge is -2.09. The van der Waals surface area contributed by atoms with E-state index in [2.05, 4.69) is 4.72 Å². The smallest absolute Gasteiger partial charge is 0.271 e. The second kappa shape index (κ2) is 7.75. The summed E-state index contributed by atoms with van der Waals surface area (Å²) in [7, 11) is -3.79. The van der Waals surface area contributed by atoms with Crippen LogP contribution < -0.4 is 10.5 Å². The van der Waals surface area contributed by atoms with Gasteiger partial charge in [-0.25, -0.2) is 13.1 Å². The molecule has 0 aliphatic heterocycles. The van der Waals surface area contributed by atoms with E-state index in [4.69, 9.17) is 17.3 Å². The van der Waals surface area contributed by atoms with Crippen molar-refractivity contribution in [3.63, 3.8) is 0 Å². The van der Waals surface area contributed by atoms with E-state index < -0.39 is 14.9 Å². The van der Waals surface area contributed by atoms with Gasteiger partial charge in [0.1, 0.15) is 4.90 Å². The van der Waals surface area contributed by atoms with E-state index in [0.29, 0.717) is 6.42 Å². The van der Waals surface area contributed by atoms with E-state index in [1.807, 2.05) is 0 Å². The molecule has 114 valence electrons. The fourth-order valence-corrected chi connectivity index (χ4v) is 2.90. The number of nitrogens with zero attached hydrogens (tertiary/aromatic N) is 1. The summed E-state index contributed by atoms with van der Waals surface area (Å²) in [5, 5.41) is 10.3. The third kappa shape index (κ3) is 5.22. The maximum atomic E-state index is 11.9. The van der Waals surface area contributed by atoms with Crippen molar-refractivity contribution >= 4 is 39.7 Å². The first-order valence-electron chi connectivity index (χ1n) is 5.43. The molecular weight excluding hydrogens is 329 g/mol. The first-order valence-corrected chi connectivity index (χ1v) is 7.29.